The van der Waals surface area contributed by atoms with Crippen LogP contribution in [-0.4, -0.2) is 21.6 Å². The third kappa shape index (κ3) is 3.46. The van der Waals surface area contributed by atoms with E-state index in [1.807, 2.05) is 6.07 Å². The minimum atomic E-state index is -3.66. The lowest BCUT2D eigenvalue weighted by atomic mass is 10.3. The molecule has 0 unspecified atom stereocenters. The van der Waals surface area contributed by atoms with Crippen molar-refractivity contribution in [3.05, 3.63) is 46.0 Å². The molecule has 0 amide bonds. The molecular weight excluding hydrogens is 417 g/mol. The molecule has 1 aliphatic rings. The van der Waals surface area contributed by atoms with Gasteiger partial charge in [0.15, 0.2) is 11.5 Å². The Morgan fingerprint density at radius 1 is 1.00 bits per heavy atom. The fraction of sp³-hybridized carbons (Fsp3) is 0.200. The number of anilines is 1. The number of sulfonamides is 1. The van der Waals surface area contributed by atoms with Gasteiger partial charge in [-0.25, -0.2) is 8.42 Å². The molecule has 0 atom stereocenters. The molecule has 0 bridgehead atoms. The molecule has 0 saturated carbocycles. The van der Waals surface area contributed by atoms with E-state index < -0.39 is 10.0 Å². The second-order valence-corrected chi connectivity index (χ2v) is 7.70. The van der Waals surface area contributed by atoms with E-state index in [1.165, 1.54) is 12.1 Å². The summed E-state index contributed by atoms with van der Waals surface area (Å²) in [6, 6.07) is 11.8. The molecule has 2 aromatic carbocycles. The number of fused-ring (bicyclic) bond motifs is 1. The van der Waals surface area contributed by atoms with Crippen molar-refractivity contribution in [3.63, 3.8) is 0 Å². The summed E-state index contributed by atoms with van der Waals surface area (Å²) in [4.78, 5) is 0.149. The van der Waals surface area contributed by atoms with Gasteiger partial charge in [-0.1, -0.05) is 6.07 Å². The molecule has 22 heavy (non-hydrogen) atoms. The van der Waals surface area contributed by atoms with Crippen molar-refractivity contribution < 1.29 is 17.9 Å². The van der Waals surface area contributed by atoms with Crippen molar-refractivity contribution in [1.82, 2.24) is 0 Å². The van der Waals surface area contributed by atoms with Crippen LogP contribution in [0, 0.1) is 3.57 Å². The van der Waals surface area contributed by atoms with E-state index in [1.54, 1.807) is 24.3 Å². The summed E-state index contributed by atoms with van der Waals surface area (Å²) in [6.07, 6.45) is 0.775. The first-order valence-corrected chi connectivity index (χ1v) is 9.29. The Balaban J connectivity index is 1.90. The van der Waals surface area contributed by atoms with Crippen molar-refractivity contribution in [2.24, 2.45) is 0 Å². The Morgan fingerprint density at radius 2 is 1.77 bits per heavy atom. The summed E-state index contributed by atoms with van der Waals surface area (Å²) in [5.74, 6) is 1.04. The molecule has 0 aromatic heterocycles. The van der Waals surface area contributed by atoms with Gasteiger partial charge in [0.05, 0.1) is 18.1 Å². The topological polar surface area (TPSA) is 64.6 Å². The van der Waals surface area contributed by atoms with Crippen LogP contribution in [0.4, 0.5) is 5.69 Å². The van der Waals surface area contributed by atoms with Crippen molar-refractivity contribution in [1.29, 1.82) is 0 Å². The Kier molecular flexibility index (Phi) is 4.44. The van der Waals surface area contributed by atoms with Gasteiger partial charge in [-0.3, -0.25) is 4.72 Å². The monoisotopic (exact) mass is 431 g/mol. The molecule has 5 nitrogen and oxygen atoms in total. The van der Waals surface area contributed by atoms with E-state index in [0.717, 1.165) is 9.99 Å². The SMILES string of the molecule is O=S(=O)(Nc1cccc(I)c1)c1ccc2c(c1)OCCCO2. The number of ether oxygens (including phenoxy) is 2. The average Bonchev–Trinajstić information content (AvgIpc) is 2.71. The molecule has 7 heteroatoms. The van der Waals surface area contributed by atoms with Crippen LogP contribution >= 0.6 is 22.6 Å². The smallest absolute Gasteiger partial charge is 0.262 e. The second kappa shape index (κ2) is 6.33. The van der Waals surface area contributed by atoms with Gasteiger partial charge in [0.1, 0.15) is 0 Å². The number of hydrogen-bond acceptors (Lipinski definition) is 4. The minimum absolute atomic E-state index is 0.149. The van der Waals surface area contributed by atoms with Gasteiger partial charge in [-0.05, 0) is 52.9 Å². The van der Waals surface area contributed by atoms with Gasteiger partial charge in [0, 0.05) is 21.7 Å². The Labute approximate surface area is 142 Å². The van der Waals surface area contributed by atoms with E-state index in [-0.39, 0.29) is 4.90 Å². The summed E-state index contributed by atoms with van der Waals surface area (Å²) in [5, 5.41) is 0. The lowest BCUT2D eigenvalue weighted by molar-refractivity contribution is 0.297. The first-order chi connectivity index (χ1) is 10.5. The minimum Gasteiger partial charge on any atom is -0.490 e. The number of halogens is 1. The molecule has 2 aromatic rings. The number of benzene rings is 2. The summed E-state index contributed by atoms with van der Waals surface area (Å²) in [7, 11) is -3.66. The molecule has 0 radical (unpaired) electrons. The third-order valence-corrected chi connectivity index (χ3v) is 5.16. The summed E-state index contributed by atoms with van der Waals surface area (Å²) in [5.41, 5.74) is 0.527. The standard InChI is InChI=1S/C15H14INO4S/c16-11-3-1-4-12(9-11)17-22(18,19)13-5-6-14-15(10-13)21-8-2-7-20-14/h1,3-6,9-10,17H,2,7-8H2. The van der Waals surface area contributed by atoms with Crippen LogP contribution in [0.3, 0.4) is 0 Å². The van der Waals surface area contributed by atoms with Crippen molar-refractivity contribution in [3.8, 4) is 11.5 Å². The van der Waals surface area contributed by atoms with Crippen LogP contribution in [0.25, 0.3) is 0 Å². The van der Waals surface area contributed by atoms with Crippen LogP contribution in [0.15, 0.2) is 47.4 Å². The van der Waals surface area contributed by atoms with Crippen molar-refractivity contribution in [2.75, 3.05) is 17.9 Å². The molecule has 3 rings (SSSR count). The molecule has 1 N–H and O–H groups in total. The summed E-state index contributed by atoms with van der Waals surface area (Å²) < 4.78 is 39.5. The highest BCUT2D eigenvalue weighted by atomic mass is 127. The van der Waals surface area contributed by atoms with E-state index in [0.29, 0.717) is 30.4 Å². The van der Waals surface area contributed by atoms with Crippen LogP contribution < -0.4 is 14.2 Å². The molecule has 1 aliphatic heterocycles. The molecule has 0 saturated heterocycles. The molecule has 0 fully saturated rings. The average molecular weight is 431 g/mol. The number of rotatable bonds is 3. The van der Waals surface area contributed by atoms with Gasteiger partial charge in [0.25, 0.3) is 10.0 Å². The van der Waals surface area contributed by atoms with Crippen LogP contribution in [-0.2, 0) is 10.0 Å². The maximum Gasteiger partial charge on any atom is 0.262 e. The fourth-order valence-corrected chi connectivity index (χ4v) is 3.68. The zero-order valence-corrected chi connectivity index (χ0v) is 14.6. The third-order valence-electron chi connectivity index (χ3n) is 3.11. The highest BCUT2D eigenvalue weighted by Crippen LogP contribution is 2.32. The first kappa shape index (κ1) is 15.4. The van der Waals surface area contributed by atoms with E-state index in [9.17, 15) is 8.42 Å². The maximum absolute atomic E-state index is 12.5. The Bertz CT molecular complexity index is 792. The molecule has 0 aliphatic carbocycles. The zero-order valence-electron chi connectivity index (χ0n) is 11.6. The lowest BCUT2D eigenvalue weighted by Crippen LogP contribution is -2.13. The van der Waals surface area contributed by atoms with Crippen molar-refractivity contribution in [2.45, 2.75) is 11.3 Å². The number of hydrogen-bond donors (Lipinski definition) is 1. The molecule has 1 heterocycles. The summed E-state index contributed by atoms with van der Waals surface area (Å²) >= 11 is 2.13. The number of nitrogens with one attached hydrogen (secondary N) is 1. The van der Waals surface area contributed by atoms with Gasteiger partial charge in [-0.2, -0.15) is 0 Å². The summed E-state index contributed by atoms with van der Waals surface area (Å²) in [6.45, 7) is 1.08. The van der Waals surface area contributed by atoms with Gasteiger partial charge in [0.2, 0.25) is 0 Å². The second-order valence-electron chi connectivity index (χ2n) is 4.77. The van der Waals surface area contributed by atoms with E-state index >= 15 is 0 Å². The van der Waals surface area contributed by atoms with Crippen LogP contribution in [0.1, 0.15) is 6.42 Å². The largest absolute Gasteiger partial charge is 0.490 e. The van der Waals surface area contributed by atoms with Gasteiger partial charge < -0.3 is 9.47 Å². The molecule has 116 valence electrons. The van der Waals surface area contributed by atoms with Gasteiger partial charge >= 0.3 is 0 Å². The quantitative estimate of drug-likeness (QED) is 0.759. The molecular formula is C15H14INO4S. The van der Waals surface area contributed by atoms with Crippen LogP contribution in [0.5, 0.6) is 11.5 Å². The Hall–Kier alpha value is -1.48. The van der Waals surface area contributed by atoms with E-state index in [2.05, 4.69) is 27.3 Å². The highest BCUT2D eigenvalue weighted by molar-refractivity contribution is 14.1. The zero-order chi connectivity index (χ0) is 15.6. The van der Waals surface area contributed by atoms with Crippen LogP contribution in [0.2, 0.25) is 0 Å². The van der Waals surface area contributed by atoms with Crippen molar-refractivity contribution >= 4 is 38.3 Å². The normalized spacial score (nSPS) is 14.2. The lowest BCUT2D eigenvalue weighted by Gasteiger charge is -2.11. The fourth-order valence-electron chi connectivity index (χ4n) is 2.08. The Morgan fingerprint density at radius 3 is 2.55 bits per heavy atom. The highest BCUT2D eigenvalue weighted by Gasteiger charge is 2.19. The van der Waals surface area contributed by atoms with E-state index in [4.69, 9.17) is 9.47 Å². The maximum atomic E-state index is 12.5. The predicted octanol–water partition coefficient (Wildman–Crippen LogP) is 3.25. The van der Waals surface area contributed by atoms with Gasteiger partial charge in [-0.15, -0.1) is 0 Å². The molecule has 0 spiro atoms. The first-order valence-electron chi connectivity index (χ1n) is 6.73. The predicted molar refractivity (Wildman–Crippen MR) is 92.0 cm³/mol.